The Labute approximate surface area is 111 Å². The van der Waals surface area contributed by atoms with Crippen LogP contribution in [-0.4, -0.2) is 22.9 Å². The summed E-state index contributed by atoms with van der Waals surface area (Å²) in [5.41, 5.74) is 3.97. The highest BCUT2D eigenvalue weighted by Gasteiger charge is 2.12. The fraction of sp³-hybridized carbons (Fsp3) is 0.417. The first-order chi connectivity index (χ1) is 9.12. The van der Waals surface area contributed by atoms with Gasteiger partial charge in [-0.2, -0.15) is 5.26 Å². The number of hydrogen-bond donors (Lipinski definition) is 2. The Morgan fingerprint density at radius 3 is 2.84 bits per heavy atom. The molecule has 0 bridgehead atoms. The number of nitrogen functional groups attached to an aromatic ring is 1. The molecule has 0 aliphatic rings. The average molecular weight is 263 g/mol. The third-order valence-corrected chi connectivity index (χ3v) is 2.84. The van der Waals surface area contributed by atoms with Gasteiger partial charge in [0.2, 0.25) is 0 Å². The standard InChI is InChI=1S/C12H17N5O2/c1-2-16(7-3-6-13)9-10-8-11(17(18)19)4-5-12(10)15-14/h4-5,8,15H,2-3,7,9,14H2,1H3. The van der Waals surface area contributed by atoms with E-state index in [0.717, 1.165) is 12.1 Å². The lowest BCUT2D eigenvalue weighted by Crippen LogP contribution is -2.25. The van der Waals surface area contributed by atoms with E-state index in [-0.39, 0.29) is 5.69 Å². The monoisotopic (exact) mass is 263 g/mol. The van der Waals surface area contributed by atoms with E-state index in [1.807, 2.05) is 11.8 Å². The molecule has 3 N–H and O–H groups in total. The van der Waals surface area contributed by atoms with Crippen LogP contribution in [0, 0.1) is 21.4 Å². The van der Waals surface area contributed by atoms with Gasteiger partial charge in [-0.25, -0.2) is 0 Å². The smallest absolute Gasteiger partial charge is 0.269 e. The first-order valence-electron chi connectivity index (χ1n) is 5.95. The lowest BCUT2D eigenvalue weighted by Gasteiger charge is -2.20. The molecule has 7 heteroatoms. The molecule has 102 valence electrons. The van der Waals surface area contributed by atoms with Crippen molar-refractivity contribution in [2.24, 2.45) is 5.84 Å². The van der Waals surface area contributed by atoms with E-state index < -0.39 is 4.92 Å². The van der Waals surface area contributed by atoms with Crippen molar-refractivity contribution in [3.8, 4) is 6.07 Å². The molecule has 0 unspecified atom stereocenters. The van der Waals surface area contributed by atoms with Crippen LogP contribution >= 0.6 is 0 Å². The van der Waals surface area contributed by atoms with Crippen LogP contribution in [0.4, 0.5) is 11.4 Å². The van der Waals surface area contributed by atoms with Crippen molar-refractivity contribution in [3.05, 3.63) is 33.9 Å². The number of nitrogens with zero attached hydrogens (tertiary/aromatic N) is 3. The van der Waals surface area contributed by atoms with E-state index in [9.17, 15) is 10.1 Å². The summed E-state index contributed by atoms with van der Waals surface area (Å²) < 4.78 is 0. The molecule has 0 saturated carbocycles. The number of nitro benzene ring substituents is 1. The molecule has 0 amide bonds. The molecular weight excluding hydrogens is 246 g/mol. The maximum absolute atomic E-state index is 10.8. The van der Waals surface area contributed by atoms with Crippen LogP contribution in [0.3, 0.4) is 0 Å². The molecule has 0 radical (unpaired) electrons. The van der Waals surface area contributed by atoms with Crippen molar-refractivity contribution < 1.29 is 4.92 Å². The minimum Gasteiger partial charge on any atom is -0.324 e. The molecule has 0 atom stereocenters. The Bertz CT molecular complexity index is 483. The molecular formula is C12H17N5O2. The van der Waals surface area contributed by atoms with Crippen molar-refractivity contribution >= 4 is 11.4 Å². The number of hydrazine groups is 1. The van der Waals surface area contributed by atoms with Gasteiger partial charge in [0.05, 0.1) is 16.7 Å². The molecule has 0 saturated heterocycles. The first kappa shape index (κ1) is 14.9. The topological polar surface area (TPSA) is 108 Å². The van der Waals surface area contributed by atoms with E-state index in [4.69, 9.17) is 11.1 Å². The van der Waals surface area contributed by atoms with E-state index in [1.165, 1.54) is 12.1 Å². The van der Waals surface area contributed by atoms with Gasteiger partial charge in [0.1, 0.15) is 0 Å². The van der Waals surface area contributed by atoms with Gasteiger partial charge in [0.25, 0.3) is 5.69 Å². The summed E-state index contributed by atoms with van der Waals surface area (Å²) >= 11 is 0. The number of rotatable bonds is 7. The summed E-state index contributed by atoms with van der Waals surface area (Å²) in [7, 11) is 0. The quantitative estimate of drug-likeness (QED) is 0.439. The van der Waals surface area contributed by atoms with Crippen LogP contribution in [0.1, 0.15) is 18.9 Å². The number of anilines is 1. The number of benzene rings is 1. The van der Waals surface area contributed by atoms with Crippen LogP contribution in [0.2, 0.25) is 0 Å². The molecule has 0 aliphatic carbocycles. The third kappa shape index (κ3) is 4.21. The van der Waals surface area contributed by atoms with Gasteiger partial charge < -0.3 is 5.43 Å². The molecule has 0 spiro atoms. The minimum absolute atomic E-state index is 0.0327. The number of nitrogens with one attached hydrogen (secondary N) is 1. The maximum atomic E-state index is 10.8. The van der Waals surface area contributed by atoms with Crippen LogP contribution < -0.4 is 11.3 Å². The van der Waals surface area contributed by atoms with Gasteiger partial charge >= 0.3 is 0 Å². The molecule has 0 aliphatic heterocycles. The number of nitro groups is 1. The van der Waals surface area contributed by atoms with E-state index in [0.29, 0.717) is 25.2 Å². The Morgan fingerprint density at radius 2 is 2.32 bits per heavy atom. The van der Waals surface area contributed by atoms with Crippen molar-refractivity contribution in [3.63, 3.8) is 0 Å². The molecule has 0 heterocycles. The second kappa shape index (κ2) is 7.31. The van der Waals surface area contributed by atoms with Crippen LogP contribution in [-0.2, 0) is 6.54 Å². The highest BCUT2D eigenvalue weighted by atomic mass is 16.6. The van der Waals surface area contributed by atoms with E-state index in [2.05, 4.69) is 11.5 Å². The largest absolute Gasteiger partial charge is 0.324 e. The lowest BCUT2D eigenvalue weighted by atomic mass is 10.1. The lowest BCUT2D eigenvalue weighted by molar-refractivity contribution is -0.384. The maximum Gasteiger partial charge on any atom is 0.269 e. The molecule has 0 fully saturated rings. The highest BCUT2D eigenvalue weighted by molar-refractivity contribution is 5.55. The fourth-order valence-corrected chi connectivity index (χ4v) is 1.76. The fourth-order valence-electron chi connectivity index (χ4n) is 1.76. The first-order valence-corrected chi connectivity index (χ1v) is 5.95. The molecule has 1 aromatic carbocycles. The Hall–Kier alpha value is -2.17. The van der Waals surface area contributed by atoms with Gasteiger partial charge in [-0.15, -0.1) is 0 Å². The normalized spacial score (nSPS) is 10.2. The van der Waals surface area contributed by atoms with E-state index in [1.54, 1.807) is 6.07 Å². The van der Waals surface area contributed by atoms with Crippen LogP contribution in [0.15, 0.2) is 18.2 Å². The number of hydrogen-bond acceptors (Lipinski definition) is 6. The molecule has 0 aromatic heterocycles. The summed E-state index contributed by atoms with van der Waals surface area (Å²) in [6, 6.07) is 6.59. The summed E-state index contributed by atoms with van der Waals surface area (Å²) in [4.78, 5) is 12.4. The summed E-state index contributed by atoms with van der Waals surface area (Å²) in [5.74, 6) is 5.40. The third-order valence-electron chi connectivity index (χ3n) is 2.84. The minimum atomic E-state index is -0.435. The molecule has 7 nitrogen and oxygen atoms in total. The second-order valence-corrected chi connectivity index (χ2v) is 4.02. The zero-order valence-corrected chi connectivity index (χ0v) is 10.8. The second-order valence-electron chi connectivity index (χ2n) is 4.02. The van der Waals surface area contributed by atoms with Gasteiger partial charge in [-0.3, -0.25) is 20.9 Å². The summed E-state index contributed by atoms with van der Waals surface area (Å²) in [5, 5.41) is 19.4. The van der Waals surface area contributed by atoms with Crippen LogP contribution in [0.5, 0.6) is 0 Å². The van der Waals surface area contributed by atoms with Crippen molar-refractivity contribution in [2.75, 3.05) is 18.5 Å². The van der Waals surface area contributed by atoms with Crippen molar-refractivity contribution in [2.45, 2.75) is 19.9 Å². The number of nitrogens with two attached hydrogens (primary N) is 1. The van der Waals surface area contributed by atoms with Gasteiger partial charge in [0.15, 0.2) is 0 Å². The Kier molecular flexibility index (Phi) is 5.73. The van der Waals surface area contributed by atoms with E-state index >= 15 is 0 Å². The highest BCUT2D eigenvalue weighted by Crippen LogP contribution is 2.22. The van der Waals surface area contributed by atoms with Crippen molar-refractivity contribution in [1.29, 1.82) is 5.26 Å². The zero-order valence-electron chi connectivity index (χ0n) is 10.8. The van der Waals surface area contributed by atoms with Crippen LogP contribution in [0.25, 0.3) is 0 Å². The predicted octanol–water partition coefficient (Wildman–Crippen LogP) is 1.62. The SMILES string of the molecule is CCN(CCC#N)Cc1cc([N+](=O)[O-])ccc1NN. The Morgan fingerprint density at radius 1 is 1.58 bits per heavy atom. The summed E-state index contributed by atoms with van der Waals surface area (Å²) in [6.07, 6.45) is 0.425. The molecule has 19 heavy (non-hydrogen) atoms. The average Bonchev–Trinajstić information content (AvgIpc) is 2.43. The molecule has 1 aromatic rings. The number of nitriles is 1. The molecule has 1 rings (SSSR count). The van der Waals surface area contributed by atoms with Gasteiger partial charge in [0, 0.05) is 31.6 Å². The Balaban J connectivity index is 2.93. The van der Waals surface area contributed by atoms with Crippen molar-refractivity contribution in [1.82, 2.24) is 4.90 Å². The zero-order chi connectivity index (χ0) is 14.3. The summed E-state index contributed by atoms with van der Waals surface area (Å²) in [6.45, 7) is 3.87. The number of non-ortho nitro benzene ring substituents is 1. The van der Waals surface area contributed by atoms with Gasteiger partial charge in [-0.05, 0) is 18.2 Å². The predicted molar refractivity (Wildman–Crippen MR) is 72.1 cm³/mol. The van der Waals surface area contributed by atoms with Gasteiger partial charge in [-0.1, -0.05) is 6.92 Å².